The summed E-state index contributed by atoms with van der Waals surface area (Å²) in [5.74, 6) is 0.0856. The maximum absolute atomic E-state index is 15.0. The summed E-state index contributed by atoms with van der Waals surface area (Å²) in [5.41, 5.74) is 2.81. The van der Waals surface area contributed by atoms with E-state index in [1.165, 1.54) is 0 Å². The fourth-order valence-corrected chi connectivity index (χ4v) is 11.1. The number of ether oxygens (including phenoxy) is 3. The molecular weight excluding hydrogens is 667 g/mol. The number of aliphatic hydroxyl groups is 1. The van der Waals surface area contributed by atoms with Gasteiger partial charge in [-0.25, -0.2) is 0 Å². The minimum atomic E-state index is -2.92. The second kappa shape index (κ2) is 12.3. The topological polar surface area (TPSA) is 129 Å². The smallest absolute Gasteiger partial charge is 0.269 e. The van der Waals surface area contributed by atoms with Crippen LogP contribution in [-0.4, -0.2) is 61.9 Å². The van der Waals surface area contributed by atoms with Crippen molar-refractivity contribution in [3.63, 3.8) is 0 Å². The standard InChI is InChI=1S/C39H39N3O8Si/c1-24-37(51(2,3)47)34(18-19-43)50-39(24)28-20-27(42-31-9-5-7-11-33(31)49-23-36(42)45)16-17-29(28)40(38(39)46)21-25-12-14-26(15-13-25)41-30-8-4-6-10-32(30)48-22-35(41)44/h4-17,20,24,34,37,43,47H,18-19,21-23H2,1-3H3/t24-,34+,37-,39+/m1/s1. The van der Waals surface area contributed by atoms with Crippen LogP contribution >= 0.6 is 0 Å². The molecule has 4 heterocycles. The molecule has 2 N–H and O–H groups in total. The molecule has 12 heteroatoms. The fraction of sp³-hybridized carbons (Fsp3) is 0.308. The molecule has 0 bridgehead atoms. The summed E-state index contributed by atoms with van der Waals surface area (Å²) < 4.78 is 18.1. The second-order valence-corrected chi connectivity index (χ2v) is 18.1. The van der Waals surface area contributed by atoms with Gasteiger partial charge in [0.2, 0.25) is 0 Å². The first-order valence-corrected chi connectivity index (χ1v) is 20.2. The van der Waals surface area contributed by atoms with Gasteiger partial charge >= 0.3 is 0 Å². The first-order chi connectivity index (χ1) is 24.5. The molecule has 11 nitrogen and oxygen atoms in total. The van der Waals surface area contributed by atoms with Gasteiger partial charge in [0, 0.05) is 35.0 Å². The zero-order chi connectivity index (χ0) is 35.7. The molecule has 4 aliphatic heterocycles. The Morgan fingerprint density at radius 2 is 1.35 bits per heavy atom. The second-order valence-electron chi connectivity index (χ2n) is 14.1. The lowest BCUT2D eigenvalue weighted by Crippen LogP contribution is -2.46. The molecule has 8 rings (SSSR count). The number of carbonyl (C=O) groups is 3. The lowest BCUT2D eigenvalue weighted by Gasteiger charge is -2.33. The van der Waals surface area contributed by atoms with E-state index in [0.717, 1.165) is 5.56 Å². The van der Waals surface area contributed by atoms with Crippen LogP contribution in [0.15, 0.2) is 91.0 Å². The maximum atomic E-state index is 15.0. The molecular formula is C39H39N3O8Si. The van der Waals surface area contributed by atoms with Crippen molar-refractivity contribution in [3.8, 4) is 11.5 Å². The van der Waals surface area contributed by atoms with Gasteiger partial charge in [-0.2, -0.15) is 0 Å². The van der Waals surface area contributed by atoms with Crippen LogP contribution in [0.1, 0.15) is 24.5 Å². The quantitative estimate of drug-likeness (QED) is 0.241. The van der Waals surface area contributed by atoms with Crippen LogP contribution in [0.4, 0.5) is 28.4 Å². The van der Waals surface area contributed by atoms with E-state index in [4.69, 9.17) is 14.2 Å². The number of fused-ring (bicyclic) bond motifs is 4. The monoisotopic (exact) mass is 705 g/mol. The van der Waals surface area contributed by atoms with Gasteiger partial charge < -0.3 is 29.0 Å². The highest BCUT2D eigenvalue weighted by Gasteiger charge is 2.66. The molecule has 4 atom stereocenters. The molecule has 0 radical (unpaired) electrons. The predicted molar refractivity (Wildman–Crippen MR) is 193 cm³/mol. The number of benzene rings is 4. The van der Waals surface area contributed by atoms with E-state index in [0.29, 0.717) is 45.5 Å². The van der Waals surface area contributed by atoms with Crippen LogP contribution in [-0.2, 0) is 31.3 Å². The van der Waals surface area contributed by atoms with Crippen LogP contribution in [0.5, 0.6) is 11.5 Å². The molecule has 0 aliphatic carbocycles. The lowest BCUT2D eigenvalue weighted by molar-refractivity contribution is -0.146. The van der Waals surface area contributed by atoms with Crippen molar-refractivity contribution in [1.82, 2.24) is 0 Å². The molecule has 1 spiro atoms. The number of para-hydroxylation sites is 4. The Hall–Kier alpha value is -5.01. The molecule has 4 aromatic rings. The van der Waals surface area contributed by atoms with Crippen LogP contribution in [0.3, 0.4) is 0 Å². The zero-order valence-electron chi connectivity index (χ0n) is 28.6. The summed E-state index contributed by atoms with van der Waals surface area (Å²) in [5, 5.41) is 10.0. The number of nitrogens with zero attached hydrogens (tertiary/aromatic N) is 3. The third kappa shape index (κ3) is 5.24. The molecule has 0 unspecified atom stereocenters. The SMILES string of the molecule is C[C@@H]1[C@@H]([Si](C)(C)O)[C@H](CCO)O[C@@]12C(=O)N(Cc1ccc(N3C(=O)COc4ccccc43)cc1)c1ccc(N3C(=O)COc4ccccc43)cc12. The number of anilines is 5. The molecule has 3 amide bonds. The van der Waals surface area contributed by atoms with Crippen LogP contribution in [0.25, 0.3) is 0 Å². The molecule has 262 valence electrons. The molecule has 4 aromatic carbocycles. The average molecular weight is 706 g/mol. The molecule has 0 saturated carbocycles. The van der Waals surface area contributed by atoms with E-state index in [1.807, 2.05) is 111 Å². The minimum absolute atomic E-state index is 0.0620. The van der Waals surface area contributed by atoms with Crippen molar-refractivity contribution < 1.29 is 38.5 Å². The summed E-state index contributed by atoms with van der Waals surface area (Å²) in [6.45, 7) is 5.52. The Morgan fingerprint density at radius 1 is 0.784 bits per heavy atom. The highest BCUT2D eigenvalue weighted by Crippen LogP contribution is 2.60. The number of amides is 3. The van der Waals surface area contributed by atoms with Crippen molar-refractivity contribution in [3.05, 3.63) is 102 Å². The van der Waals surface area contributed by atoms with Gasteiger partial charge in [-0.05, 0) is 79.7 Å². The van der Waals surface area contributed by atoms with Gasteiger partial charge in [-0.15, -0.1) is 0 Å². The van der Waals surface area contributed by atoms with Gasteiger partial charge in [0.05, 0.1) is 29.7 Å². The van der Waals surface area contributed by atoms with E-state index in [2.05, 4.69) is 0 Å². The fourth-order valence-electron chi connectivity index (χ4n) is 8.46. The molecule has 1 fully saturated rings. The number of aliphatic hydroxyl groups excluding tert-OH is 1. The van der Waals surface area contributed by atoms with E-state index in [1.54, 1.807) is 14.7 Å². The van der Waals surface area contributed by atoms with Crippen LogP contribution in [0.2, 0.25) is 18.6 Å². The Balaban J connectivity index is 1.20. The number of rotatable bonds is 7. The zero-order valence-corrected chi connectivity index (χ0v) is 29.6. The van der Waals surface area contributed by atoms with Crippen LogP contribution < -0.4 is 24.2 Å². The van der Waals surface area contributed by atoms with Gasteiger partial charge in [-0.3, -0.25) is 24.2 Å². The van der Waals surface area contributed by atoms with Gasteiger partial charge in [0.15, 0.2) is 27.1 Å². The molecule has 1 saturated heterocycles. The third-order valence-corrected chi connectivity index (χ3v) is 13.1. The van der Waals surface area contributed by atoms with Crippen molar-refractivity contribution in [1.29, 1.82) is 0 Å². The normalized spacial score (nSPS) is 24.0. The minimum Gasteiger partial charge on any atom is -0.482 e. The highest BCUT2D eigenvalue weighted by molar-refractivity contribution is 6.71. The molecule has 0 aromatic heterocycles. The van der Waals surface area contributed by atoms with Crippen molar-refractivity contribution in [2.45, 2.75) is 50.2 Å². The predicted octanol–water partition coefficient (Wildman–Crippen LogP) is 5.53. The van der Waals surface area contributed by atoms with E-state index < -0.39 is 25.9 Å². The Bertz CT molecular complexity index is 2050. The summed E-state index contributed by atoms with van der Waals surface area (Å²) in [7, 11) is -2.92. The first kappa shape index (κ1) is 33.1. The number of hydrogen-bond acceptors (Lipinski definition) is 8. The number of hydrogen-bond donors (Lipinski definition) is 2. The van der Waals surface area contributed by atoms with E-state index in [9.17, 15) is 24.3 Å². The van der Waals surface area contributed by atoms with E-state index in [-0.39, 0.29) is 56.0 Å². The van der Waals surface area contributed by atoms with Crippen molar-refractivity contribution >= 4 is 54.5 Å². The third-order valence-electron chi connectivity index (χ3n) is 10.6. The van der Waals surface area contributed by atoms with E-state index >= 15 is 0 Å². The summed E-state index contributed by atoms with van der Waals surface area (Å²) in [6.07, 6.45) is -0.271. The highest BCUT2D eigenvalue weighted by atomic mass is 28.4. The first-order valence-electron chi connectivity index (χ1n) is 17.2. The summed E-state index contributed by atoms with van der Waals surface area (Å²) in [6, 6.07) is 27.8. The van der Waals surface area contributed by atoms with Gasteiger partial charge in [-0.1, -0.05) is 43.3 Å². The van der Waals surface area contributed by atoms with Gasteiger partial charge in [0.1, 0.15) is 11.5 Å². The Morgan fingerprint density at radius 3 is 1.94 bits per heavy atom. The maximum Gasteiger partial charge on any atom is 0.269 e. The van der Waals surface area contributed by atoms with Crippen molar-refractivity contribution in [2.24, 2.45) is 5.92 Å². The Labute approximate surface area is 296 Å². The van der Waals surface area contributed by atoms with Gasteiger partial charge in [0.25, 0.3) is 17.7 Å². The summed E-state index contributed by atoms with van der Waals surface area (Å²) >= 11 is 0. The Kier molecular flexibility index (Phi) is 8.02. The largest absolute Gasteiger partial charge is 0.482 e. The van der Waals surface area contributed by atoms with Crippen LogP contribution in [0, 0.1) is 5.92 Å². The average Bonchev–Trinajstić information content (AvgIpc) is 3.54. The lowest BCUT2D eigenvalue weighted by atomic mass is 9.82. The molecule has 51 heavy (non-hydrogen) atoms. The van der Waals surface area contributed by atoms with Crippen molar-refractivity contribution in [2.75, 3.05) is 34.5 Å². The molecule has 4 aliphatic rings. The number of carbonyl (C=O) groups excluding carboxylic acids is 3. The summed E-state index contributed by atoms with van der Waals surface area (Å²) in [4.78, 5) is 57.8.